The molecular formula is C23H26N2O4. The van der Waals surface area contributed by atoms with E-state index in [9.17, 15) is 9.59 Å². The van der Waals surface area contributed by atoms with Crippen LogP contribution in [-0.2, 0) is 11.2 Å². The number of rotatable bonds is 5. The van der Waals surface area contributed by atoms with Gasteiger partial charge in [-0.3, -0.25) is 9.59 Å². The van der Waals surface area contributed by atoms with Crippen LogP contribution in [0.5, 0.6) is 11.5 Å². The molecule has 0 bridgehead atoms. The topological polar surface area (TPSA) is 76.7 Å². The minimum absolute atomic E-state index is 0.0650. The van der Waals surface area contributed by atoms with Gasteiger partial charge in [-0.2, -0.15) is 0 Å². The van der Waals surface area contributed by atoms with E-state index in [0.29, 0.717) is 36.1 Å². The predicted molar refractivity (Wildman–Crippen MR) is 110 cm³/mol. The van der Waals surface area contributed by atoms with Gasteiger partial charge in [-0.05, 0) is 67.3 Å². The van der Waals surface area contributed by atoms with E-state index in [4.69, 9.17) is 9.47 Å². The van der Waals surface area contributed by atoms with Crippen molar-refractivity contribution in [3.63, 3.8) is 0 Å². The molecule has 1 saturated carbocycles. The van der Waals surface area contributed by atoms with Crippen LogP contribution >= 0.6 is 0 Å². The fraction of sp³-hybridized carbons (Fsp3) is 0.391. The first-order valence-corrected chi connectivity index (χ1v) is 10.1. The summed E-state index contributed by atoms with van der Waals surface area (Å²) in [6, 6.07) is 12.8. The molecule has 29 heavy (non-hydrogen) atoms. The fourth-order valence-corrected chi connectivity index (χ4v) is 3.98. The first-order chi connectivity index (χ1) is 14.1. The number of ether oxygens (including phenoxy) is 2. The third-order valence-corrected chi connectivity index (χ3v) is 5.65. The zero-order chi connectivity index (χ0) is 20.2. The molecule has 0 radical (unpaired) electrons. The van der Waals surface area contributed by atoms with Gasteiger partial charge in [-0.15, -0.1) is 0 Å². The minimum Gasteiger partial charge on any atom is -0.497 e. The Morgan fingerprint density at radius 2 is 1.83 bits per heavy atom. The van der Waals surface area contributed by atoms with Crippen molar-refractivity contribution in [2.45, 2.75) is 38.1 Å². The van der Waals surface area contributed by atoms with E-state index in [0.717, 1.165) is 24.2 Å². The van der Waals surface area contributed by atoms with Crippen LogP contribution in [0.15, 0.2) is 42.5 Å². The molecule has 0 saturated heterocycles. The average Bonchev–Trinajstić information content (AvgIpc) is 3.26. The molecule has 2 aromatic rings. The van der Waals surface area contributed by atoms with E-state index in [2.05, 4.69) is 10.6 Å². The average molecular weight is 394 g/mol. The van der Waals surface area contributed by atoms with Gasteiger partial charge in [-0.25, -0.2) is 0 Å². The monoisotopic (exact) mass is 394 g/mol. The predicted octanol–water partition coefficient (Wildman–Crippen LogP) is 3.56. The molecule has 0 spiro atoms. The molecular weight excluding hydrogens is 368 g/mol. The number of hydrogen-bond acceptors (Lipinski definition) is 4. The second-order valence-electron chi connectivity index (χ2n) is 7.71. The molecule has 1 atom stereocenters. The number of amides is 2. The Morgan fingerprint density at radius 3 is 2.55 bits per heavy atom. The van der Waals surface area contributed by atoms with Gasteiger partial charge in [0, 0.05) is 17.3 Å². The maximum Gasteiger partial charge on any atom is 0.255 e. The summed E-state index contributed by atoms with van der Waals surface area (Å²) in [5.41, 5.74) is 2.17. The molecule has 6 nitrogen and oxygen atoms in total. The number of carbonyl (C=O) groups is 2. The van der Waals surface area contributed by atoms with Crippen LogP contribution in [0.2, 0.25) is 0 Å². The Balaban J connectivity index is 1.41. The molecule has 2 amide bonds. The number of nitrogens with one attached hydrogen (secondary N) is 2. The lowest BCUT2D eigenvalue weighted by molar-refractivity contribution is -0.127. The van der Waals surface area contributed by atoms with Crippen LogP contribution in [-0.4, -0.2) is 31.6 Å². The van der Waals surface area contributed by atoms with Gasteiger partial charge in [0.25, 0.3) is 5.91 Å². The summed E-state index contributed by atoms with van der Waals surface area (Å²) in [5, 5.41) is 6.07. The van der Waals surface area contributed by atoms with Crippen molar-refractivity contribution in [2.24, 2.45) is 5.92 Å². The molecule has 2 N–H and O–H groups in total. The van der Waals surface area contributed by atoms with Crippen LogP contribution < -0.4 is 20.1 Å². The highest BCUT2D eigenvalue weighted by Crippen LogP contribution is 2.30. The normalized spacial score (nSPS) is 18.4. The summed E-state index contributed by atoms with van der Waals surface area (Å²) in [4.78, 5) is 25.1. The molecule has 4 rings (SSSR count). The zero-order valence-corrected chi connectivity index (χ0v) is 16.6. The fourth-order valence-electron chi connectivity index (χ4n) is 3.98. The Bertz CT molecular complexity index is 888. The Kier molecular flexibility index (Phi) is 5.69. The van der Waals surface area contributed by atoms with Gasteiger partial charge in [0.1, 0.15) is 18.1 Å². The number of carbonyl (C=O) groups excluding carboxylic acids is 2. The summed E-state index contributed by atoms with van der Waals surface area (Å²) >= 11 is 0. The maximum atomic E-state index is 12.6. The highest BCUT2D eigenvalue weighted by molar-refractivity contribution is 6.04. The largest absolute Gasteiger partial charge is 0.497 e. The molecule has 2 aliphatic rings. The molecule has 2 aromatic carbocycles. The molecule has 1 heterocycles. The third-order valence-electron chi connectivity index (χ3n) is 5.65. The van der Waals surface area contributed by atoms with Gasteiger partial charge in [0.2, 0.25) is 5.91 Å². The molecule has 1 fully saturated rings. The van der Waals surface area contributed by atoms with Crippen LogP contribution in [0.4, 0.5) is 5.69 Å². The van der Waals surface area contributed by atoms with Gasteiger partial charge in [0.05, 0.1) is 13.0 Å². The second kappa shape index (κ2) is 8.55. The number of fused-ring (bicyclic) bond motifs is 1. The first-order valence-electron chi connectivity index (χ1n) is 10.1. The lowest BCUT2D eigenvalue weighted by Crippen LogP contribution is -2.41. The van der Waals surface area contributed by atoms with Crippen LogP contribution in [0.25, 0.3) is 0 Å². The van der Waals surface area contributed by atoms with Gasteiger partial charge >= 0.3 is 0 Å². The Morgan fingerprint density at radius 1 is 1.07 bits per heavy atom. The Labute approximate surface area is 170 Å². The molecule has 0 aromatic heterocycles. The summed E-state index contributed by atoms with van der Waals surface area (Å²) in [6.45, 7) is 0.392. The van der Waals surface area contributed by atoms with E-state index in [1.807, 2.05) is 18.2 Å². The standard InChI is InChI=1S/C23H26N2O4/c1-28-20-9-6-15(7-10-20)22(26)25-19-8-11-21-16(13-19)12-17(14-29-21)23(27)24-18-4-2-3-5-18/h6-11,13,17-18H,2-5,12,14H2,1H3,(H,24,27)(H,25,26)/t17-/m1/s1. The van der Waals surface area contributed by atoms with Crippen molar-refractivity contribution >= 4 is 17.5 Å². The zero-order valence-electron chi connectivity index (χ0n) is 16.6. The van der Waals surface area contributed by atoms with Crippen molar-refractivity contribution in [1.29, 1.82) is 0 Å². The molecule has 1 aliphatic heterocycles. The van der Waals surface area contributed by atoms with E-state index >= 15 is 0 Å². The van der Waals surface area contributed by atoms with E-state index in [1.54, 1.807) is 31.4 Å². The number of benzene rings is 2. The highest BCUT2D eigenvalue weighted by atomic mass is 16.5. The van der Waals surface area contributed by atoms with Crippen molar-refractivity contribution in [3.05, 3.63) is 53.6 Å². The molecule has 0 unspecified atom stereocenters. The molecule has 152 valence electrons. The highest BCUT2D eigenvalue weighted by Gasteiger charge is 2.28. The second-order valence-corrected chi connectivity index (χ2v) is 7.71. The first kappa shape index (κ1) is 19.3. The van der Waals surface area contributed by atoms with E-state index < -0.39 is 0 Å². The third kappa shape index (κ3) is 4.53. The number of hydrogen-bond donors (Lipinski definition) is 2. The quantitative estimate of drug-likeness (QED) is 0.813. The van der Waals surface area contributed by atoms with Crippen molar-refractivity contribution in [3.8, 4) is 11.5 Å². The van der Waals surface area contributed by atoms with Crippen LogP contribution in [0.1, 0.15) is 41.6 Å². The van der Waals surface area contributed by atoms with Gasteiger partial charge in [-0.1, -0.05) is 12.8 Å². The smallest absolute Gasteiger partial charge is 0.255 e. The summed E-state index contributed by atoms with van der Waals surface area (Å²) in [7, 11) is 1.59. The summed E-state index contributed by atoms with van der Waals surface area (Å²) in [5.74, 6) is 1.15. The molecule has 1 aliphatic carbocycles. The lowest BCUT2D eigenvalue weighted by Gasteiger charge is -2.26. The number of anilines is 1. The van der Waals surface area contributed by atoms with Crippen LogP contribution in [0, 0.1) is 5.92 Å². The number of methoxy groups -OCH3 is 1. The lowest BCUT2D eigenvalue weighted by atomic mass is 9.95. The van der Waals surface area contributed by atoms with Gasteiger partial charge < -0.3 is 20.1 Å². The van der Waals surface area contributed by atoms with Crippen molar-refractivity contribution in [2.75, 3.05) is 19.0 Å². The Hall–Kier alpha value is -3.02. The SMILES string of the molecule is COc1ccc(C(=O)Nc2ccc3c(c2)C[C@@H](C(=O)NC2CCCC2)CO3)cc1. The van der Waals surface area contributed by atoms with Crippen molar-refractivity contribution < 1.29 is 19.1 Å². The summed E-state index contributed by atoms with van der Waals surface area (Å²) in [6.07, 6.45) is 5.12. The maximum absolute atomic E-state index is 12.6. The molecule has 6 heteroatoms. The minimum atomic E-state index is -0.198. The van der Waals surface area contributed by atoms with E-state index in [-0.39, 0.29) is 17.7 Å². The van der Waals surface area contributed by atoms with Gasteiger partial charge in [0.15, 0.2) is 0 Å². The van der Waals surface area contributed by atoms with Crippen molar-refractivity contribution in [1.82, 2.24) is 5.32 Å². The van der Waals surface area contributed by atoms with Crippen LogP contribution in [0.3, 0.4) is 0 Å². The van der Waals surface area contributed by atoms with E-state index in [1.165, 1.54) is 12.8 Å². The summed E-state index contributed by atoms with van der Waals surface area (Å²) < 4.78 is 10.9.